The number of hydrogen-bond acceptors (Lipinski definition) is 4. The second-order valence-corrected chi connectivity index (χ2v) is 4.24. The highest BCUT2D eigenvalue weighted by Crippen LogP contribution is 2.37. The predicted octanol–water partition coefficient (Wildman–Crippen LogP) is 2.00. The van der Waals surface area contributed by atoms with Gasteiger partial charge in [0.1, 0.15) is 17.1 Å². The molecule has 0 radical (unpaired) electrons. The van der Waals surface area contributed by atoms with Crippen molar-refractivity contribution in [3.8, 4) is 11.5 Å². The van der Waals surface area contributed by atoms with Gasteiger partial charge in [0.15, 0.2) is 5.78 Å². The van der Waals surface area contributed by atoms with Gasteiger partial charge in [-0.25, -0.2) is 0 Å². The van der Waals surface area contributed by atoms with Crippen LogP contribution in [0, 0.1) is 5.92 Å². The Morgan fingerprint density at radius 1 is 1.28 bits per heavy atom. The van der Waals surface area contributed by atoms with Gasteiger partial charge in [-0.3, -0.25) is 9.59 Å². The zero-order valence-corrected chi connectivity index (χ0v) is 9.42. The molecule has 18 heavy (non-hydrogen) atoms. The molecule has 1 aliphatic heterocycles. The first-order valence-corrected chi connectivity index (χ1v) is 5.63. The SMILES string of the molecule is O=C1C2=CC=CCC2C(=O)Oc2cccc(O)c21. The van der Waals surface area contributed by atoms with Crippen LogP contribution < -0.4 is 4.74 Å². The number of ketones is 1. The largest absolute Gasteiger partial charge is 0.507 e. The molecule has 0 fully saturated rings. The highest BCUT2D eigenvalue weighted by atomic mass is 16.5. The lowest BCUT2D eigenvalue weighted by Gasteiger charge is -2.14. The van der Waals surface area contributed by atoms with E-state index in [0.29, 0.717) is 12.0 Å². The van der Waals surface area contributed by atoms with Crippen LogP contribution in [0.25, 0.3) is 0 Å². The fourth-order valence-electron chi connectivity index (χ4n) is 2.24. The average molecular weight is 242 g/mol. The molecule has 0 spiro atoms. The van der Waals surface area contributed by atoms with E-state index in [1.165, 1.54) is 18.2 Å². The summed E-state index contributed by atoms with van der Waals surface area (Å²) in [6, 6.07) is 4.45. The maximum absolute atomic E-state index is 12.3. The number of carbonyl (C=O) groups is 2. The number of Topliss-reactive ketones (excluding diaryl/α,β-unsaturated/α-hetero) is 1. The number of benzene rings is 1. The zero-order chi connectivity index (χ0) is 12.7. The third-order valence-electron chi connectivity index (χ3n) is 3.15. The molecule has 0 amide bonds. The molecular formula is C14H10O4. The Balaban J connectivity index is 2.23. The number of fused-ring (bicyclic) bond motifs is 2. The number of rotatable bonds is 0. The van der Waals surface area contributed by atoms with E-state index in [9.17, 15) is 14.7 Å². The van der Waals surface area contributed by atoms with Crippen molar-refractivity contribution >= 4 is 11.8 Å². The lowest BCUT2D eigenvalue weighted by Crippen LogP contribution is -2.23. The van der Waals surface area contributed by atoms with Crippen LogP contribution in [0.3, 0.4) is 0 Å². The van der Waals surface area contributed by atoms with Crippen LogP contribution in [0.5, 0.6) is 11.5 Å². The van der Waals surface area contributed by atoms with E-state index in [1.807, 2.05) is 6.08 Å². The van der Waals surface area contributed by atoms with E-state index in [-0.39, 0.29) is 22.8 Å². The lowest BCUT2D eigenvalue weighted by molar-refractivity contribution is -0.137. The first-order valence-electron chi connectivity index (χ1n) is 5.63. The second kappa shape index (κ2) is 3.84. The summed E-state index contributed by atoms with van der Waals surface area (Å²) in [5, 5.41) is 9.77. The summed E-state index contributed by atoms with van der Waals surface area (Å²) in [6.45, 7) is 0. The molecule has 1 unspecified atom stereocenters. The third kappa shape index (κ3) is 1.46. The minimum atomic E-state index is -0.575. The normalized spacial score (nSPS) is 21.6. The maximum atomic E-state index is 12.3. The molecule has 1 N–H and O–H groups in total. The van der Waals surface area contributed by atoms with Crippen molar-refractivity contribution in [1.82, 2.24) is 0 Å². The highest BCUT2D eigenvalue weighted by molar-refractivity contribution is 6.16. The van der Waals surface area contributed by atoms with Gasteiger partial charge in [0, 0.05) is 5.57 Å². The van der Waals surface area contributed by atoms with Crippen LogP contribution in [-0.4, -0.2) is 16.9 Å². The number of allylic oxidation sites excluding steroid dienone is 3. The van der Waals surface area contributed by atoms with Gasteiger partial charge in [0.25, 0.3) is 0 Å². The summed E-state index contributed by atoms with van der Waals surface area (Å²) in [5.41, 5.74) is 0.442. The van der Waals surface area contributed by atoms with E-state index in [0.717, 1.165) is 0 Å². The van der Waals surface area contributed by atoms with Gasteiger partial charge in [0.2, 0.25) is 0 Å². The van der Waals surface area contributed by atoms with Gasteiger partial charge >= 0.3 is 5.97 Å². The molecule has 90 valence electrons. The Bertz CT molecular complexity index is 610. The van der Waals surface area contributed by atoms with Crippen LogP contribution in [0.2, 0.25) is 0 Å². The zero-order valence-electron chi connectivity index (χ0n) is 9.42. The lowest BCUT2D eigenvalue weighted by atomic mass is 9.87. The van der Waals surface area contributed by atoms with Crippen molar-refractivity contribution in [3.63, 3.8) is 0 Å². The molecule has 1 atom stereocenters. The molecule has 1 heterocycles. The maximum Gasteiger partial charge on any atom is 0.319 e. The molecule has 3 rings (SSSR count). The molecule has 1 aliphatic carbocycles. The van der Waals surface area contributed by atoms with Gasteiger partial charge < -0.3 is 9.84 Å². The molecule has 1 aromatic carbocycles. The molecular weight excluding hydrogens is 232 g/mol. The molecule has 2 aliphatic rings. The summed E-state index contributed by atoms with van der Waals surface area (Å²) >= 11 is 0. The minimum Gasteiger partial charge on any atom is -0.507 e. The average Bonchev–Trinajstić information content (AvgIpc) is 2.48. The predicted molar refractivity (Wildman–Crippen MR) is 63.4 cm³/mol. The number of carbonyl (C=O) groups excluding carboxylic acids is 2. The number of aromatic hydroxyl groups is 1. The molecule has 4 nitrogen and oxygen atoms in total. The topological polar surface area (TPSA) is 63.6 Å². The summed E-state index contributed by atoms with van der Waals surface area (Å²) in [7, 11) is 0. The second-order valence-electron chi connectivity index (χ2n) is 4.24. The van der Waals surface area contributed by atoms with Gasteiger partial charge in [-0.1, -0.05) is 24.3 Å². The van der Waals surface area contributed by atoms with Gasteiger partial charge in [-0.2, -0.15) is 0 Å². The van der Waals surface area contributed by atoms with Crippen LogP contribution in [-0.2, 0) is 4.79 Å². The summed E-state index contributed by atoms with van der Waals surface area (Å²) in [4.78, 5) is 24.3. The smallest absolute Gasteiger partial charge is 0.319 e. The fourth-order valence-corrected chi connectivity index (χ4v) is 2.24. The van der Waals surface area contributed by atoms with Gasteiger partial charge in [0.05, 0.1) is 5.92 Å². The molecule has 0 saturated heterocycles. The van der Waals surface area contributed by atoms with Crippen molar-refractivity contribution in [2.75, 3.05) is 0 Å². The number of phenolic OH excluding ortho intramolecular Hbond substituents is 1. The van der Waals surface area contributed by atoms with Gasteiger partial charge in [-0.05, 0) is 18.6 Å². The number of ether oxygens (including phenoxy) is 1. The van der Waals surface area contributed by atoms with E-state index in [1.54, 1.807) is 12.2 Å². The Morgan fingerprint density at radius 3 is 2.94 bits per heavy atom. The van der Waals surface area contributed by atoms with Crippen molar-refractivity contribution in [1.29, 1.82) is 0 Å². The summed E-state index contributed by atoms with van der Waals surface area (Å²) in [5.74, 6) is -1.41. The van der Waals surface area contributed by atoms with E-state index >= 15 is 0 Å². The molecule has 4 heteroatoms. The highest BCUT2D eigenvalue weighted by Gasteiger charge is 2.36. The third-order valence-corrected chi connectivity index (χ3v) is 3.15. The molecule has 0 bridgehead atoms. The van der Waals surface area contributed by atoms with Crippen LogP contribution in [0.15, 0.2) is 42.0 Å². The Hall–Kier alpha value is -2.36. The minimum absolute atomic E-state index is 0.0647. The van der Waals surface area contributed by atoms with Crippen LogP contribution >= 0.6 is 0 Å². The van der Waals surface area contributed by atoms with Crippen LogP contribution in [0.1, 0.15) is 16.8 Å². The Morgan fingerprint density at radius 2 is 2.11 bits per heavy atom. The van der Waals surface area contributed by atoms with E-state index < -0.39 is 11.9 Å². The quantitative estimate of drug-likeness (QED) is 0.558. The Labute approximate surface area is 103 Å². The molecule has 0 saturated carbocycles. The van der Waals surface area contributed by atoms with E-state index in [4.69, 9.17) is 4.74 Å². The van der Waals surface area contributed by atoms with Crippen molar-refractivity contribution in [3.05, 3.63) is 47.6 Å². The first-order chi connectivity index (χ1) is 8.68. The standard InChI is InChI=1S/C14H10O4/c15-10-6-3-7-11-12(10)13(16)8-4-1-2-5-9(8)14(17)18-11/h1-4,6-7,9,15H,5H2. The summed E-state index contributed by atoms with van der Waals surface area (Å²) < 4.78 is 5.18. The number of hydrogen-bond donors (Lipinski definition) is 1. The molecule has 1 aromatic rings. The first kappa shape index (κ1) is 10.8. The molecule has 0 aromatic heterocycles. The Kier molecular flexibility index (Phi) is 2.30. The van der Waals surface area contributed by atoms with E-state index in [2.05, 4.69) is 0 Å². The van der Waals surface area contributed by atoms with Crippen molar-refractivity contribution in [2.24, 2.45) is 5.92 Å². The van der Waals surface area contributed by atoms with Crippen LogP contribution in [0.4, 0.5) is 0 Å². The summed E-state index contributed by atoms with van der Waals surface area (Å²) in [6.07, 6.45) is 5.62. The van der Waals surface area contributed by atoms with Gasteiger partial charge in [-0.15, -0.1) is 0 Å². The monoisotopic (exact) mass is 242 g/mol. The fraction of sp³-hybridized carbons (Fsp3) is 0.143. The number of phenols is 1. The van der Waals surface area contributed by atoms with Crippen molar-refractivity contribution in [2.45, 2.75) is 6.42 Å². The number of esters is 1. The van der Waals surface area contributed by atoms with Crippen molar-refractivity contribution < 1.29 is 19.4 Å².